The lowest BCUT2D eigenvalue weighted by molar-refractivity contribution is -0.137. The summed E-state index contributed by atoms with van der Waals surface area (Å²) in [5.74, 6) is -0.658. The lowest BCUT2D eigenvalue weighted by atomic mass is 10.0. The zero-order chi connectivity index (χ0) is 12.6. The van der Waals surface area contributed by atoms with Gasteiger partial charge in [0.25, 0.3) is 5.91 Å². The van der Waals surface area contributed by atoms with Gasteiger partial charge < -0.3 is 5.32 Å². The van der Waals surface area contributed by atoms with E-state index < -0.39 is 29.7 Å². The third-order valence-electron chi connectivity index (χ3n) is 2.32. The van der Waals surface area contributed by atoms with E-state index in [1.165, 1.54) is 12.1 Å². The van der Waals surface area contributed by atoms with Gasteiger partial charge in [-0.2, -0.15) is 13.2 Å². The van der Waals surface area contributed by atoms with Gasteiger partial charge in [-0.05, 0) is 17.7 Å². The Morgan fingerprint density at radius 2 is 1.88 bits per heavy atom. The quantitative estimate of drug-likeness (QED) is 0.737. The van der Waals surface area contributed by atoms with Crippen molar-refractivity contribution >= 4 is 11.9 Å². The molecule has 90 valence electrons. The highest BCUT2D eigenvalue weighted by Gasteiger charge is 2.34. The van der Waals surface area contributed by atoms with Gasteiger partial charge in [-0.15, -0.1) is 0 Å². The molecule has 1 aromatic rings. The third-order valence-corrected chi connectivity index (χ3v) is 2.32. The van der Waals surface area contributed by atoms with E-state index >= 15 is 0 Å². The number of carbonyl (C=O) groups is 2. The summed E-state index contributed by atoms with van der Waals surface area (Å²) >= 11 is 0. The Bertz CT molecular complexity index is 485. The average molecular weight is 244 g/mol. The third kappa shape index (κ3) is 2.22. The second-order valence-corrected chi connectivity index (χ2v) is 3.52. The van der Waals surface area contributed by atoms with E-state index in [0.29, 0.717) is 0 Å². The Labute approximate surface area is 93.8 Å². The van der Waals surface area contributed by atoms with Crippen LogP contribution in [0.4, 0.5) is 18.0 Å². The van der Waals surface area contributed by atoms with Gasteiger partial charge in [0, 0.05) is 0 Å². The van der Waals surface area contributed by atoms with E-state index in [4.69, 9.17) is 0 Å². The molecule has 1 aliphatic heterocycles. The van der Waals surface area contributed by atoms with Crippen LogP contribution in [0.15, 0.2) is 24.3 Å². The second kappa shape index (κ2) is 3.76. The van der Waals surface area contributed by atoms with Crippen LogP contribution < -0.4 is 10.6 Å². The molecule has 4 nitrogen and oxygen atoms in total. The molecule has 17 heavy (non-hydrogen) atoms. The highest BCUT2D eigenvalue weighted by atomic mass is 19.4. The maximum absolute atomic E-state index is 12.4. The van der Waals surface area contributed by atoms with Crippen LogP contribution in [0.1, 0.15) is 17.2 Å². The molecule has 1 unspecified atom stereocenters. The van der Waals surface area contributed by atoms with Crippen molar-refractivity contribution in [2.24, 2.45) is 0 Å². The van der Waals surface area contributed by atoms with Gasteiger partial charge in [-0.3, -0.25) is 10.1 Å². The number of amides is 3. The van der Waals surface area contributed by atoms with Crippen LogP contribution in [0.3, 0.4) is 0 Å². The van der Waals surface area contributed by atoms with E-state index in [1.54, 1.807) is 0 Å². The Kier molecular flexibility index (Phi) is 2.53. The number of carbonyl (C=O) groups excluding carboxylic acids is 2. The molecule has 1 aliphatic rings. The fraction of sp³-hybridized carbons (Fsp3) is 0.200. The number of hydrogen-bond acceptors (Lipinski definition) is 2. The first-order chi connectivity index (χ1) is 7.88. The lowest BCUT2D eigenvalue weighted by Crippen LogP contribution is -2.22. The van der Waals surface area contributed by atoms with E-state index in [2.05, 4.69) is 5.32 Å². The van der Waals surface area contributed by atoms with Gasteiger partial charge in [0.15, 0.2) is 0 Å². The predicted octanol–water partition coefficient (Wildman–Crippen LogP) is 1.59. The summed E-state index contributed by atoms with van der Waals surface area (Å²) in [4.78, 5) is 22.1. The maximum Gasteiger partial charge on any atom is 0.416 e. The van der Waals surface area contributed by atoms with Gasteiger partial charge in [0.1, 0.15) is 6.04 Å². The van der Waals surface area contributed by atoms with Crippen molar-refractivity contribution in [3.63, 3.8) is 0 Å². The molecule has 0 aliphatic carbocycles. The standard InChI is InChI=1S/C10H7F3N2O2/c11-10(12,13)6-3-1-2-5(4-6)7-8(16)15-9(17)14-7/h1-4,7H,(H2,14,15,16,17). The fourth-order valence-electron chi connectivity index (χ4n) is 1.55. The van der Waals surface area contributed by atoms with Gasteiger partial charge >= 0.3 is 12.2 Å². The van der Waals surface area contributed by atoms with Crippen LogP contribution in [-0.2, 0) is 11.0 Å². The first kappa shape index (κ1) is 11.4. The highest BCUT2D eigenvalue weighted by Crippen LogP contribution is 2.31. The number of alkyl halides is 3. The summed E-state index contributed by atoms with van der Waals surface area (Å²) in [5, 5.41) is 4.18. The lowest BCUT2D eigenvalue weighted by Gasteiger charge is -2.11. The summed E-state index contributed by atoms with van der Waals surface area (Å²) in [6.07, 6.45) is -4.48. The number of rotatable bonds is 1. The smallest absolute Gasteiger partial charge is 0.322 e. The minimum Gasteiger partial charge on any atom is -0.322 e. The molecule has 1 aromatic carbocycles. The summed E-state index contributed by atoms with van der Waals surface area (Å²) in [6, 6.07) is 2.51. The van der Waals surface area contributed by atoms with Gasteiger partial charge in [0.05, 0.1) is 5.56 Å². The van der Waals surface area contributed by atoms with Crippen LogP contribution in [0.2, 0.25) is 0 Å². The van der Waals surface area contributed by atoms with Crippen molar-refractivity contribution < 1.29 is 22.8 Å². The maximum atomic E-state index is 12.4. The molecule has 7 heteroatoms. The van der Waals surface area contributed by atoms with Crippen molar-refractivity contribution in [1.29, 1.82) is 0 Å². The molecular formula is C10H7F3N2O2. The second-order valence-electron chi connectivity index (χ2n) is 3.52. The molecule has 0 aromatic heterocycles. The number of urea groups is 1. The minimum absolute atomic E-state index is 0.100. The zero-order valence-electron chi connectivity index (χ0n) is 8.34. The van der Waals surface area contributed by atoms with E-state index in [1.807, 2.05) is 5.32 Å². The largest absolute Gasteiger partial charge is 0.416 e. The van der Waals surface area contributed by atoms with Gasteiger partial charge in [-0.25, -0.2) is 4.79 Å². The van der Waals surface area contributed by atoms with Gasteiger partial charge in [0.2, 0.25) is 0 Å². The Balaban J connectivity index is 2.34. The Morgan fingerprint density at radius 3 is 2.41 bits per heavy atom. The molecule has 1 atom stereocenters. The summed E-state index contributed by atoms with van der Waals surface area (Å²) in [5.41, 5.74) is -0.757. The minimum atomic E-state index is -4.48. The van der Waals surface area contributed by atoms with Crippen molar-refractivity contribution in [3.05, 3.63) is 35.4 Å². The number of imide groups is 1. The average Bonchev–Trinajstić information content (AvgIpc) is 2.57. The molecule has 0 spiro atoms. The van der Waals surface area contributed by atoms with Crippen molar-refractivity contribution in [1.82, 2.24) is 10.6 Å². The summed E-state index contributed by atoms with van der Waals surface area (Å²) in [6.45, 7) is 0. The van der Waals surface area contributed by atoms with E-state index in [-0.39, 0.29) is 5.56 Å². The molecule has 1 fully saturated rings. The number of nitrogens with one attached hydrogen (secondary N) is 2. The molecule has 0 saturated carbocycles. The zero-order valence-corrected chi connectivity index (χ0v) is 8.34. The van der Waals surface area contributed by atoms with Crippen LogP contribution in [0, 0.1) is 0 Å². The highest BCUT2D eigenvalue weighted by molar-refractivity contribution is 6.04. The summed E-state index contributed by atoms with van der Waals surface area (Å²) < 4.78 is 37.3. The SMILES string of the molecule is O=C1NC(=O)C(c2cccc(C(F)(F)F)c2)N1. The number of hydrogen-bond donors (Lipinski definition) is 2. The number of halogens is 3. The molecule has 0 bridgehead atoms. The molecule has 1 saturated heterocycles. The number of benzene rings is 1. The molecule has 3 amide bonds. The normalized spacial score (nSPS) is 20.1. The van der Waals surface area contributed by atoms with Gasteiger partial charge in [-0.1, -0.05) is 12.1 Å². The van der Waals surface area contributed by atoms with E-state index in [0.717, 1.165) is 12.1 Å². The molecule has 0 radical (unpaired) electrons. The van der Waals surface area contributed by atoms with Crippen molar-refractivity contribution in [2.45, 2.75) is 12.2 Å². The first-order valence-corrected chi connectivity index (χ1v) is 4.66. The van der Waals surface area contributed by atoms with Crippen molar-refractivity contribution in [3.8, 4) is 0 Å². The monoisotopic (exact) mass is 244 g/mol. The van der Waals surface area contributed by atoms with Crippen LogP contribution in [-0.4, -0.2) is 11.9 Å². The first-order valence-electron chi connectivity index (χ1n) is 4.66. The van der Waals surface area contributed by atoms with Crippen LogP contribution >= 0.6 is 0 Å². The topological polar surface area (TPSA) is 58.2 Å². The summed E-state index contributed by atoms with van der Waals surface area (Å²) in [7, 11) is 0. The fourth-order valence-corrected chi connectivity index (χ4v) is 1.55. The molecular weight excluding hydrogens is 237 g/mol. The molecule has 2 rings (SSSR count). The Morgan fingerprint density at radius 1 is 1.18 bits per heavy atom. The van der Waals surface area contributed by atoms with Crippen LogP contribution in [0.5, 0.6) is 0 Å². The van der Waals surface area contributed by atoms with Crippen LogP contribution in [0.25, 0.3) is 0 Å². The molecule has 2 N–H and O–H groups in total. The predicted molar refractivity (Wildman–Crippen MR) is 50.9 cm³/mol. The van der Waals surface area contributed by atoms with E-state index in [9.17, 15) is 22.8 Å². The molecule has 1 heterocycles. The Hall–Kier alpha value is -2.05. The van der Waals surface area contributed by atoms with Crippen molar-refractivity contribution in [2.75, 3.05) is 0 Å².